The van der Waals surface area contributed by atoms with E-state index in [9.17, 15) is 4.79 Å². The Bertz CT molecular complexity index is 1020. The fourth-order valence-electron chi connectivity index (χ4n) is 2.82. The van der Waals surface area contributed by atoms with Gasteiger partial charge in [-0.2, -0.15) is 0 Å². The Balaban J connectivity index is 1.38. The van der Waals surface area contributed by atoms with E-state index in [-0.39, 0.29) is 12.7 Å². The lowest BCUT2D eigenvalue weighted by Gasteiger charge is -2.10. The first-order chi connectivity index (χ1) is 13.6. The number of rotatable bonds is 5. The van der Waals surface area contributed by atoms with Crippen molar-refractivity contribution in [3.8, 4) is 11.5 Å². The molecule has 3 aromatic rings. The van der Waals surface area contributed by atoms with Crippen molar-refractivity contribution in [2.24, 2.45) is 0 Å². The summed E-state index contributed by atoms with van der Waals surface area (Å²) in [5.74, 6) is 1.85. The Morgan fingerprint density at radius 1 is 1.14 bits per heavy atom. The minimum absolute atomic E-state index is 0.198. The molecule has 0 spiro atoms. The van der Waals surface area contributed by atoms with Gasteiger partial charge in [-0.3, -0.25) is 4.79 Å². The summed E-state index contributed by atoms with van der Waals surface area (Å²) in [7, 11) is 0. The van der Waals surface area contributed by atoms with E-state index in [1.807, 2.05) is 43.3 Å². The van der Waals surface area contributed by atoms with Gasteiger partial charge in [-0.05, 0) is 54.4 Å². The molecule has 1 aliphatic heterocycles. The number of amides is 1. The number of carbonyl (C=O) groups excluding carboxylic acids is 1. The van der Waals surface area contributed by atoms with Gasteiger partial charge >= 0.3 is 0 Å². The molecule has 0 saturated heterocycles. The summed E-state index contributed by atoms with van der Waals surface area (Å²) in [6.45, 7) is 2.55. The molecule has 7 heteroatoms. The number of benzene rings is 2. The minimum Gasteiger partial charge on any atom is -0.454 e. The number of hydrogen-bond donors (Lipinski definition) is 2. The maximum absolute atomic E-state index is 12.4. The molecule has 2 aromatic carbocycles. The second-order valence-corrected chi connectivity index (χ2v) is 6.75. The van der Waals surface area contributed by atoms with Gasteiger partial charge < -0.3 is 20.1 Å². The SMILES string of the molecule is Cc1c(Cl)cccc1Nc1ccc(C(=O)NCc2ccc3c(c2)OCO3)cn1. The third kappa shape index (κ3) is 3.87. The Labute approximate surface area is 167 Å². The van der Waals surface area contributed by atoms with E-state index in [4.69, 9.17) is 21.1 Å². The average Bonchev–Trinajstić information content (AvgIpc) is 3.18. The van der Waals surface area contributed by atoms with Gasteiger partial charge in [-0.15, -0.1) is 0 Å². The monoisotopic (exact) mass is 395 g/mol. The molecule has 2 N–H and O–H groups in total. The number of hydrogen-bond acceptors (Lipinski definition) is 5. The van der Waals surface area contributed by atoms with Crippen LogP contribution in [0.4, 0.5) is 11.5 Å². The standard InChI is InChI=1S/C21H18ClN3O3/c1-13-16(22)3-2-4-17(13)25-20-8-6-15(11-23-20)21(26)24-10-14-5-7-18-19(9-14)28-12-27-18/h2-9,11H,10,12H2,1H3,(H,23,25)(H,24,26). The van der Waals surface area contributed by atoms with Gasteiger partial charge in [0, 0.05) is 23.5 Å². The molecular weight excluding hydrogens is 378 g/mol. The van der Waals surface area contributed by atoms with E-state index in [0.29, 0.717) is 28.7 Å². The summed E-state index contributed by atoms with van der Waals surface area (Å²) in [6, 6.07) is 14.7. The van der Waals surface area contributed by atoms with E-state index in [1.54, 1.807) is 12.1 Å². The molecule has 2 heterocycles. The number of anilines is 2. The third-order valence-corrected chi connectivity index (χ3v) is 4.86. The van der Waals surface area contributed by atoms with Crippen LogP contribution in [0, 0.1) is 6.92 Å². The van der Waals surface area contributed by atoms with Crippen molar-refractivity contribution in [1.29, 1.82) is 0 Å². The van der Waals surface area contributed by atoms with Gasteiger partial charge in [-0.1, -0.05) is 23.7 Å². The molecular formula is C21H18ClN3O3. The maximum atomic E-state index is 12.4. The van der Waals surface area contributed by atoms with Gasteiger partial charge in [0.15, 0.2) is 11.5 Å². The fraction of sp³-hybridized carbons (Fsp3) is 0.143. The quantitative estimate of drug-likeness (QED) is 0.668. The van der Waals surface area contributed by atoms with Crippen molar-refractivity contribution in [1.82, 2.24) is 10.3 Å². The smallest absolute Gasteiger partial charge is 0.253 e. The number of pyridine rings is 1. The summed E-state index contributed by atoms with van der Waals surface area (Å²) >= 11 is 6.14. The van der Waals surface area contributed by atoms with Gasteiger partial charge in [0.05, 0.1) is 5.56 Å². The maximum Gasteiger partial charge on any atom is 0.253 e. The molecule has 1 aromatic heterocycles. The first-order valence-corrected chi connectivity index (χ1v) is 9.13. The van der Waals surface area contributed by atoms with Gasteiger partial charge in [0.25, 0.3) is 5.91 Å². The number of fused-ring (bicyclic) bond motifs is 1. The number of nitrogens with zero attached hydrogens (tertiary/aromatic N) is 1. The molecule has 6 nitrogen and oxygen atoms in total. The van der Waals surface area contributed by atoms with Crippen molar-refractivity contribution in [2.45, 2.75) is 13.5 Å². The summed E-state index contributed by atoms with van der Waals surface area (Å²) in [6.07, 6.45) is 1.54. The van der Waals surface area contributed by atoms with Crippen LogP contribution < -0.4 is 20.1 Å². The molecule has 0 fully saturated rings. The predicted molar refractivity (Wildman–Crippen MR) is 107 cm³/mol. The highest BCUT2D eigenvalue weighted by Crippen LogP contribution is 2.32. The van der Waals surface area contributed by atoms with E-state index in [2.05, 4.69) is 15.6 Å². The summed E-state index contributed by atoms with van der Waals surface area (Å²) in [5.41, 5.74) is 3.23. The first-order valence-electron chi connectivity index (χ1n) is 8.75. The minimum atomic E-state index is -0.198. The zero-order valence-electron chi connectivity index (χ0n) is 15.2. The fourth-order valence-corrected chi connectivity index (χ4v) is 2.99. The van der Waals surface area contributed by atoms with E-state index >= 15 is 0 Å². The van der Waals surface area contributed by atoms with E-state index in [1.165, 1.54) is 6.20 Å². The van der Waals surface area contributed by atoms with Crippen molar-refractivity contribution >= 4 is 29.0 Å². The van der Waals surface area contributed by atoms with Crippen molar-refractivity contribution in [2.75, 3.05) is 12.1 Å². The molecule has 1 aliphatic rings. The molecule has 1 amide bonds. The number of ether oxygens (including phenoxy) is 2. The zero-order valence-corrected chi connectivity index (χ0v) is 15.9. The Morgan fingerprint density at radius 2 is 2.00 bits per heavy atom. The van der Waals surface area contributed by atoms with Gasteiger partial charge in [0.1, 0.15) is 5.82 Å². The van der Waals surface area contributed by atoms with Crippen LogP contribution in [-0.4, -0.2) is 17.7 Å². The highest BCUT2D eigenvalue weighted by atomic mass is 35.5. The molecule has 0 saturated carbocycles. The van der Waals surface area contributed by atoms with Gasteiger partial charge in [-0.25, -0.2) is 4.98 Å². The summed E-state index contributed by atoms with van der Waals surface area (Å²) in [4.78, 5) is 16.7. The molecule has 0 bridgehead atoms. The molecule has 142 valence electrons. The lowest BCUT2D eigenvalue weighted by Crippen LogP contribution is -2.22. The molecule has 0 aliphatic carbocycles. The van der Waals surface area contributed by atoms with Crippen LogP contribution in [0.25, 0.3) is 0 Å². The molecule has 0 unspecified atom stereocenters. The largest absolute Gasteiger partial charge is 0.454 e. The second kappa shape index (κ2) is 7.78. The highest BCUT2D eigenvalue weighted by molar-refractivity contribution is 6.31. The zero-order chi connectivity index (χ0) is 19.5. The van der Waals surface area contributed by atoms with Crippen LogP contribution in [0.5, 0.6) is 11.5 Å². The molecule has 0 radical (unpaired) electrons. The van der Waals surface area contributed by atoms with E-state index in [0.717, 1.165) is 22.6 Å². The van der Waals surface area contributed by atoms with Crippen LogP contribution in [0.1, 0.15) is 21.5 Å². The molecule has 4 rings (SSSR count). The van der Waals surface area contributed by atoms with Gasteiger partial charge in [0.2, 0.25) is 6.79 Å². The Kier molecular flexibility index (Phi) is 5.04. The number of halogens is 1. The number of carbonyl (C=O) groups is 1. The van der Waals surface area contributed by atoms with Crippen molar-refractivity contribution < 1.29 is 14.3 Å². The topological polar surface area (TPSA) is 72.5 Å². The van der Waals surface area contributed by atoms with Crippen LogP contribution >= 0.6 is 11.6 Å². The Hall–Kier alpha value is -3.25. The van der Waals surface area contributed by atoms with Crippen molar-refractivity contribution in [3.05, 3.63) is 76.4 Å². The normalized spacial score (nSPS) is 11.9. The van der Waals surface area contributed by atoms with Crippen molar-refractivity contribution in [3.63, 3.8) is 0 Å². The molecule has 28 heavy (non-hydrogen) atoms. The van der Waals surface area contributed by atoms with Crippen LogP contribution in [-0.2, 0) is 6.54 Å². The number of aromatic nitrogens is 1. The average molecular weight is 396 g/mol. The lowest BCUT2D eigenvalue weighted by atomic mass is 10.2. The predicted octanol–water partition coefficient (Wildman–Crippen LogP) is 4.45. The summed E-state index contributed by atoms with van der Waals surface area (Å²) < 4.78 is 10.6. The van der Waals surface area contributed by atoms with E-state index < -0.39 is 0 Å². The summed E-state index contributed by atoms with van der Waals surface area (Å²) in [5, 5.41) is 6.77. The van der Waals surface area contributed by atoms with Crippen LogP contribution in [0.15, 0.2) is 54.7 Å². The third-order valence-electron chi connectivity index (χ3n) is 4.45. The molecule has 0 atom stereocenters. The Morgan fingerprint density at radius 3 is 2.82 bits per heavy atom. The van der Waals surface area contributed by atoms with Crippen LogP contribution in [0.2, 0.25) is 5.02 Å². The highest BCUT2D eigenvalue weighted by Gasteiger charge is 2.14. The lowest BCUT2D eigenvalue weighted by molar-refractivity contribution is 0.0950. The first kappa shape index (κ1) is 18.1. The van der Waals surface area contributed by atoms with Crippen LogP contribution in [0.3, 0.4) is 0 Å². The second-order valence-electron chi connectivity index (χ2n) is 6.34. The number of nitrogens with one attached hydrogen (secondary N) is 2.